The normalized spacial score (nSPS) is 10.9. The maximum atomic E-state index is 11.8. The summed E-state index contributed by atoms with van der Waals surface area (Å²) in [5.41, 5.74) is 1.83. The van der Waals surface area contributed by atoms with E-state index in [-0.39, 0.29) is 17.8 Å². The van der Waals surface area contributed by atoms with Gasteiger partial charge in [0.15, 0.2) is 0 Å². The molecule has 0 aliphatic heterocycles. The van der Waals surface area contributed by atoms with Gasteiger partial charge >= 0.3 is 11.8 Å². The van der Waals surface area contributed by atoms with Gasteiger partial charge in [-0.15, -0.1) is 0 Å². The Balaban J connectivity index is 1.80. The van der Waals surface area contributed by atoms with Gasteiger partial charge in [-0.1, -0.05) is 5.16 Å². The fourth-order valence-corrected chi connectivity index (χ4v) is 2.05. The van der Waals surface area contributed by atoms with Crippen molar-refractivity contribution in [1.29, 1.82) is 0 Å². The first-order valence-corrected chi connectivity index (χ1v) is 7.02. The number of amides is 1. The number of aromatic nitrogens is 3. The molecule has 6 nitrogen and oxygen atoms in total. The monoisotopic (exact) mass is 296 g/mol. The molecular weight excluding hydrogens is 280 g/mol. The largest absolute Gasteiger partial charge is 0.346 e. The van der Waals surface area contributed by atoms with Crippen molar-refractivity contribution in [3.63, 3.8) is 0 Å². The lowest BCUT2D eigenvalue weighted by molar-refractivity contribution is 0.0899. The van der Waals surface area contributed by atoms with Crippen molar-refractivity contribution in [3.05, 3.63) is 54.7 Å². The van der Waals surface area contributed by atoms with Crippen LogP contribution in [0.2, 0.25) is 0 Å². The Bertz CT molecular complexity index is 758. The van der Waals surface area contributed by atoms with Crippen LogP contribution in [0.15, 0.2) is 53.3 Å². The highest BCUT2D eigenvalue weighted by molar-refractivity contribution is 5.90. The molecule has 0 bridgehead atoms. The van der Waals surface area contributed by atoms with Crippen molar-refractivity contribution in [2.24, 2.45) is 0 Å². The fraction of sp³-hybridized carbons (Fsp3) is 0.188. The first-order valence-electron chi connectivity index (χ1n) is 7.02. The molecule has 1 amide bonds. The van der Waals surface area contributed by atoms with Crippen LogP contribution in [-0.2, 0) is 0 Å². The minimum Gasteiger partial charge on any atom is -0.346 e. The van der Waals surface area contributed by atoms with Gasteiger partial charge in [0.1, 0.15) is 0 Å². The molecule has 0 fully saturated rings. The number of carbonyl (C=O) groups excluding carboxylic acids is 1. The zero-order valence-corrected chi connectivity index (χ0v) is 12.4. The van der Waals surface area contributed by atoms with E-state index >= 15 is 0 Å². The van der Waals surface area contributed by atoms with E-state index in [1.165, 1.54) is 0 Å². The van der Waals surface area contributed by atoms with E-state index in [1.54, 1.807) is 0 Å². The standard InChI is InChI=1S/C16H16N4O2/c1-11(2)17-15(21)16-18-14(19-22-16)12-5-7-13(8-6-12)20-9-3-4-10-20/h3-11H,1-2H3,(H,17,21). The first-order chi connectivity index (χ1) is 10.6. The van der Waals surface area contributed by atoms with Gasteiger partial charge in [-0.25, -0.2) is 0 Å². The molecule has 0 radical (unpaired) electrons. The van der Waals surface area contributed by atoms with Crippen LogP contribution in [0, 0.1) is 0 Å². The van der Waals surface area contributed by atoms with Gasteiger partial charge in [-0.05, 0) is 50.2 Å². The molecule has 0 aliphatic rings. The second-order valence-electron chi connectivity index (χ2n) is 5.19. The van der Waals surface area contributed by atoms with Gasteiger partial charge in [0.25, 0.3) is 0 Å². The Kier molecular flexibility index (Phi) is 3.74. The lowest BCUT2D eigenvalue weighted by Gasteiger charge is -2.03. The van der Waals surface area contributed by atoms with Crippen LogP contribution in [0.3, 0.4) is 0 Å². The molecule has 0 saturated heterocycles. The number of nitrogens with zero attached hydrogens (tertiary/aromatic N) is 3. The zero-order chi connectivity index (χ0) is 15.5. The highest BCUT2D eigenvalue weighted by Gasteiger charge is 2.16. The summed E-state index contributed by atoms with van der Waals surface area (Å²) in [4.78, 5) is 15.9. The molecule has 6 heteroatoms. The maximum absolute atomic E-state index is 11.8. The van der Waals surface area contributed by atoms with Gasteiger partial charge in [-0.3, -0.25) is 4.79 Å². The Hall–Kier alpha value is -2.89. The molecule has 2 heterocycles. The van der Waals surface area contributed by atoms with Gasteiger partial charge in [-0.2, -0.15) is 4.98 Å². The summed E-state index contributed by atoms with van der Waals surface area (Å²) in [6, 6.07) is 11.6. The molecule has 3 aromatic rings. The minimum absolute atomic E-state index is 0.0173. The van der Waals surface area contributed by atoms with E-state index in [1.807, 2.05) is 67.2 Å². The van der Waals surface area contributed by atoms with Crippen LogP contribution in [0.5, 0.6) is 0 Å². The molecule has 0 aliphatic carbocycles. The molecule has 0 saturated carbocycles. The zero-order valence-electron chi connectivity index (χ0n) is 12.4. The summed E-state index contributed by atoms with van der Waals surface area (Å²) in [6.45, 7) is 3.74. The number of rotatable bonds is 4. The number of nitrogens with one attached hydrogen (secondary N) is 1. The van der Waals surface area contributed by atoms with Crippen molar-refractivity contribution in [2.45, 2.75) is 19.9 Å². The van der Waals surface area contributed by atoms with Crippen molar-refractivity contribution >= 4 is 5.91 Å². The van der Waals surface area contributed by atoms with Gasteiger partial charge in [0.2, 0.25) is 5.82 Å². The van der Waals surface area contributed by atoms with Gasteiger partial charge in [0, 0.05) is 29.7 Å². The summed E-state index contributed by atoms with van der Waals surface area (Å²) in [6.07, 6.45) is 3.94. The van der Waals surface area contributed by atoms with Gasteiger partial charge < -0.3 is 14.4 Å². The molecule has 0 spiro atoms. The van der Waals surface area contributed by atoms with Crippen molar-refractivity contribution < 1.29 is 9.32 Å². The fourth-order valence-electron chi connectivity index (χ4n) is 2.05. The van der Waals surface area contributed by atoms with Crippen LogP contribution in [0.25, 0.3) is 17.1 Å². The molecule has 112 valence electrons. The third kappa shape index (κ3) is 2.90. The smallest absolute Gasteiger partial charge is 0.316 e. The maximum Gasteiger partial charge on any atom is 0.316 e. The molecule has 1 aromatic carbocycles. The SMILES string of the molecule is CC(C)NC(=O)c1nc(-c2ccc(-n3cccc3)cc2)no1. The van der Waals surface area contributed by atoms with E-state index in [0.717, 1.165) is 11.3 Å². The Morgan fingerprint density at radius 1 is 1.18 bits per heavy atom. The minimum atomic E-state index is -0.363. The van der Waals surface area contributed by atoms with Crippen LogP contribution in [-0.4, -0.2) is 26.7 Å². The molecule has 1 N–H and O–H groups in total. The molecule has 22 heavy (non-hydrogen) atoms. The quantitative estimate of drug-likeness (QED) is 0.803. The second kappa shape index (κ2) is 5.85. The van der Waals surface area contributed by atoms with Crippen LogP contribution >= 0.6 is 0 Å². The lowest BCUT2D eigenvalue weighted by Crippen LogP contribution is -2.30. The van der Waals surface area contributed by atoms with Crippen molar-refractivity contribution in [3.8, 4) is 17.1 Å². The van der Waals surface area contributed by atoms with E-state index in [0.29, 0.717) is 5.82 Å². The molecule has 3 rings (SSSR count). The van der Waals surface area contributed by atoms with Crippen molar-refractivity contribution in [2.75, 3.05) is 0 Å². The van der Waals surface area contributed by atoms with Gasteiger partial charge in [0.05, 0.1) is 0 Å². The predicted molar refractivity (Wildman–Crippen MR) is 81.7 cm³/mol. The third-order valence-corrected chi connectivity index (χ3v) is 3.07. The molecular formula is C16H16N4O2. The number of carbonyl (C=O) groups is 1. The van der Waals surface area contributed by atoms with E-state index in [2.05, 4.69) is 15.5 Å². The molecule has 0 atom stereocenters. The predicted octanol–water partition coefficient (Wildman–Crippen LogP) is 2.67. The van der Waals surface area contributed by atoms with Crippen LogP contribution < -0.4 is 5.32 Å². The summed E-state index contributed by atoms with van der Waals surface area (Å²) < 4.78 is 7.01. The highest BCUT2D eigenvalue weighted by Crippen LogP contribution is 2.18. The van der Waals surface area contributed by atoms with Crippen LogP contribution in [0.1, 0.15) is 24.5 Å². The van der Waals surface area contributed by atoms with E-state index in [4.69, 9.17) is 4.52 Å². The number of benzene rings is 1. The topological polar surface area (TPSA) is 73.0 Å². The summed E-state index contributed by atoms with van der Waals surface area (Å²) in [7, 11) is 0. The summed E-state index contributed by atoms with van der Waals surface area (Å²) in [5, 5.41) is 6.57. The Morgan fingerprint density at radius 2 is 1.86 bits per heavy atom. The highest BCUT2D eigenvalue weighted by atomic mass is 16.5. The lowest BCUT2D eigenvalue weighted by atomic mass is 10.2. The molecule has 0 unspecified atom stereocenters. The third-order valence-electron chi connectivity index (χ3n) is 3.07. The summed E-state index contributed by atoms with van der Waals surface area (Å²) >= 11 is 0. The second-order valence-corrected chi connectivity index (χ2v) is 5.19. The van der Waals surface area contributed by atoms with E-state index in [9.17, 15) is 4.79 Å². The molecule has 2 aromatic heterocycles. The van der Waals surface area contributed by atoms with Crippen molar-refractivity contribution in [1.82, 2.24) is 20.0 Å². The number of hydrogen-bond acceptors (Lipinski definition) is 4. The Morgan fingerprint density at radius 3 is 2.50 bits per heavy atom. The number of hydrogen-bond donors (Lipinski definition) is 1. The van der Waals surface area contributed by atoms with Crippen LogP contribution in [0.4, 0.5) is 0 Å². The Labute approximate surface area is 127 Å². The average molecular weight is 296 g/mol. The average Bonchev–Trinajstić information content (AvgIpc) is 3.19. The summed E-state index contributed by atoms with van der Waals surface area (Å²) in [5.74, 6) is 0.00357. The first kappa shape index (κ1) is 14.1. The van der Waals surface area contributed by atoms with E-state index < -0.39 is 0 Å².